The van der Waals surface area contributed by atoms with Crippen LogP contribution in [-0.2, 0) is 23.1 Å². The summed E-state index contributed by atoms with van der Waals surface area (Å²) in [6, 6.07) is 11.2. The number of nitrogens with one attached hydrogen (secondary N) is 5. The second-order valence-corrected chi connectivity index (χ2v) is 12.9. The molecule has 1 unspecified atom stereocenters. The molecule has 5 aromatic rings. The number of piperidine rings is 1. The second-order valence-electron chi connectivity index (χ2n) is 12.9. The molecule has 3 aromatic heterocycles. The summed E-state index contributed by atoms with van der Waals surface area (Å²) < 4.78 is 22.2. The summed E-state index contributed by atoms with van der Waals surface area (Å²) in [6.45, 7) is 0.418. The summed E-state index contributed by atoms with van der Waals surface area (Å²) in [5.41, 5.74) is 3.65. The molecule has 0 bridgehead atoms. The number of unbranched alkanes of at least 4 members (excludes halogenated alkanes) is 3. The van der Waals surface area contributed by atoms with Gasteiger partial charge in [-0.05, 0) is 49.4 Å². The number of fused-ring (bicyclic) bond motifs is 1. The maximum absolute atomic E-state index is 13.5. The van der Waals surface area contributed by atoms with Crippen LogP contribution in [0.15, 0.2) is 65.8 Å². The van der Waals surface area contributed by atoms with Crippen molar-refractivity contribution in [2.45, 2.75) is 51.0 Å². The third kappa shape index (κ3) is 8.45. The maximum atomic E-state index is 13.5. The summed E-state index contributed by atoms with van der Waals surface area (Å²) in [5.74, 6) is -0.989. The van der Waals surface area contributed by atoms with E-state index in [2.05, 4.69) is 41.5 Å². The van der Waals surface area contributed by atoms with Crippen molar-refractivity contribution in [2.24, 2.45) is 7.05 Å². The van der Waals surface area contributed by atoms with Gasteiger partial charge in [0.2, 0.25) is 11.8 Å². The van der Waals surface area contributed by atoms with Gasteiger partial charge in [-0.15, -0.1) is 0 Å². The third-order valence-electron chi connectivity index (χ3n) is 9.33. The molecule has 1 aliphatic rings. The molecule has 5 amide bonds. The molecule has 0 spiro atoms. The summed E-state index contributed by atoms with van der Waals surface area (Å²) in [4.78, 5) is 75.3. The Labute approximate surface area is 314 Å². The molecule has 1 aliphatic heterocycles. The number of halogens is 1. The van der Waals surface area contributed by atoms with Gasteiger partial charge in [-0.1, -0.05) is 31.0 Å². The SMILES string of the molecule is CNC(=O)c1cnc(NC(=O)NCCCCCCc2cccc3c2n(C)c(=O)n3C2CCC(=O)NC2=O)cc1Nc1cccc(-c2ncc(F)cn2)c1OC. The van der Waals surface area contributed by atoms with Crippen LogP contribution in [0, 0.1) is 5.82 Å². The number of aryl methyl sites for hydroxylation is 2. The van der Waals surface area contributed by atoms with Crippen LogP contribution in [0.4, 0.5) is 26.4 Å². The number of imidazole rings is 1. The minimum absolute atomic E-state index is 0.182. The van der Waals surface area contributed by atoms with E-state index in [-0.39, 0.29) is 41.6 Å². The number of para-hydroxylation sites is 2. The molecule has 2 aromatic carbocycles. The van der Waals surface area contributed by atoms with Crippen LogP contribution in [0.2, 0.25) is 0 Å². The van der Waals surface area contributed by atoms with Crippen LogP contribution in [0.25, 0.3) is 22.4 Å². The molecule has 1 saturated heterocycles. The Morgan fingerprint density at radius 1 is 0.982 bits per heavy atom. The number of imide groups is 1. The molecule has 1 fully saturated rings. The monoisotopic (exact) mass is 752 g/mol. The number of methoxy groups -OCH3 is 1. The highest BCUT2D eigenvalue weighted by Gasteiger charge is 2.31. The van der Waals surface area contributed by atoms with Gasteiger partial charge in [-0.3, -0.25) is 34.2 Å². The normalized spacial score (nSPS) is 14.0. The standard InChI is InChI=1S/C38H41FN10O6/c1-40-35(51)25-21-42-30(18-27(25)45-26-13-9-12-24(33(26)55-3)34-43-19-23(39)20-44-34)46-37(53)41-17-7-5-4-6-10-22-11-8-14-28-32(22)48(2)38(54)49(28)29-15-16-31(50)47-36(29)52/h8-9,11-14,18-21,29H,4-7,10,15-17H2,1-3H3,(H,40,51)(H,47,50,52)(H3,41,42,45,46,53). The number of urea groups is 1. The molecule has 6 rings (SSSR count). The van der Waals surface area contributed by atoms with Crippen molar-refractivity contribution in [3.05, 3.63) is 88.5 Å². The first-order valence-electron chi connectivity index (χ1n) is 17.8. The Morgan fingerprint density at radius 3 is 2.49 bits per heavy atom. The van der Waals surface area contributed by atoms with Crippen LogP contribution in [-0.4, -0.2) is 68.5 Å². The fourth-order valence-electron chi connectivity index (χ4n) is 6.68. The molecule has 55 heavy (non-hydrogen) atoms. The predicted octanol–water partition coefficient (Wildman–Crippen LogP) is 4.35. The summed E-state index contributed by atoms with van der Waals surface area (Å²) in [5, 5.41) is 13.7. The largest absolute Gasteiger partial charge is 0.494 e. The first-order chi connectivity index (χ1) is 26.6. The van der Waals surface area contributed by atoms with Crippen LogP contribution >= 0.6 is 0 Å². The number of pyridine rings is 1. The van der Waals surface area contributed by atoms with Gasteiger partial charge in [0, 0.05) is 39.3 Å². The van der Waals surface area contributed by atoms with Gasteiger partial charge in [0.15, 0.2) is 17.4 Å². The molecule has 0 aliphatic carbocycles. The highest BCUT2D eigenvalue weighted by molar-refractivity contribution is 6.02. The van der Waals surface area contributed by atoms with Gasteiger partial charge >= 0.3 is 11.7 Å². The van der Waals surface area contributed by atoms with Crippen LogP contribution in [0.1, 0.15) is 60.5 Å². The van der Waals surface area contributed by atoms with Crippen molar-refractivity contribution in [1.29, 1.82) is 0 Å². The predicted molar refractivity (Wildman–Crippen MR) is 203 cm³/mol. The van der Waals surface area contributed by atoms with Crippen LogP contribution in [0.5, 0.6) is 5.75 Å². The maximum Gasteiger partial charge on any atom is 0.329 e. The van der Waals surface area contributed by atoms with Gasteiger partial charge < -0.3 is 20.7 Å². The molecule has 16 nitrogen and oxygen atoms in total. The smallest absolute Gasteiger partial charge is 0.329 e. The van der Waals surface area contributed by atoms with Gasteiger partial charge in [-0.2, -0.15) is 0 Å². The van der Waals surface area contributed by atoms with Crippen molar-refractivity contribution in [2.75, 3.05) is 31.3 Å². The number of rotatable bonds is 14. The average Bonchev–Trinajstić information content (AvgIpc) is 3.43. The fourth-order valence-corrected chi connectivity index (χ4v) is 6.68. The van der Waals surface area contributed by atoms with Gasteiger partial charge in [0.05, 0.1) is 53.0 Å². The Balaban J connectivity index is 1.03. The van der Waals surface area contributed by atoms with Gasteiger partial charge in [0.1, 0.15) is 11.9 Å². The number of hydrogen-bond acceptors (Lipinski definition) is 10. The number of nitrogens with zero attached hydrogens (tertiary/aromatic N) is 5. The molecular weight excluding hydrogens is 711 g/mol. The van der Waals surface area contributed by atoms with Crippen LogP contribution < -0.4 is 37.0 Å². The Bertz CT molecular complexity index is 2310. The van der Waals surface area contributed by atoms with Crippen molar-refractivity contribution < 1.29 is 28.3 Å². The van der Waals surface area contributed by atoms with Crippen molar-refractivity contribution >= 4 is 52.0 Å². The number of carbonyl (C=O) groups is 4. The lowest BCUT2D eigenvalue weighted by atomic mass is 10.0. The molecule has 0 saturated carbocycles. The molecule has 5 N–H and O–H groups in total. The molecule has 17 heteroatoms. The minimum Gasteiger partial charge on any atom is -0.494 e. The number of aromatic nitrogens is 5. The first kappa shape index (κ1) is 38.1. The van der Waals surface area contributed by atoms with Gasteiger partial charge in [0.25, 0.3) is 5.91 Å². The Kier molecular flexibility index (Phi) is 11.8. The van der Waals surface area contributed by atoms with E-state index in [1.54, 1.807) is 29.8 Å². The topological polar surface area (TPSA) is 203 Å². The summed E-state index contributed by atoms with van der Waals surface area (Å²) in [6.07, 6.45) is 7.96. The number of ether oxygens (including phenoxy) is 1. The zero-order valence-corrected chi connectivity index (χ0v) is 30.6. The minimum atomic E-state index is -0.733. The van der Waals surface area contributed by atoms with E-state index in [0.717, 1.165) is 55.6 Å². The number of benzene rings is 2. The highest BCUT2D eigenvalue weighted by atomic mass is 19.1. The van der Waals surface area contributed by atoms with E-state index in [1.165, 1.54) is 31.0 Å². The van der Waals surface area contributed by atoms with Crippen molar-refractivity contribution in [3.63, 3.8) is 0 Å². The van der Waals surface area contributed by atoms with E-state index >= 15 is 0 Å². The number of hydrogen-bond donors (Lipinski definition) is 5. The number of amides is 5. The van der Waals surface area contributed by atoms with E-state index in [9.17, 15) is 28.4 Å². The van der Waals surface area contributed by atoms with Crippen LogP contribution in [0.3, 0.4) is 0 Å². The van der Waals surface area contributed by atoms with E-state index in [4.69, 9.17) is 4.74 Å². The van der Waals surface area contributed by atoms with Crippen molar-refractivity contribution in [3.8, 4) is 17.1 Å². The third-order valence-corrected chi connectivity index (χ3v) is 9.33. The lowest BCUT2D eigenvalue weighted by molar-refractivity contribution is -0.135. The average molecular weight is 753 g/mol. The fraction of sp³-hybridized carbons (Fsp3) is 0.316. The number of anilines is 3. The van der Waals surface area contributed by atoms with E-state index in [1.807, 2.05) is 18.2 Å². The highest BCUT2D eigenvalue weighted by Crippen LogP contribution is 2.37. The molecule has 0 radical (unpaired) electrons. The lowest BCUT2D eigenvalue weighted by Crippen LogP contribution is -2.44. The molecule has 286 valence electrons. The zero-order valence-electron chi connectivity index (χ0n) is 30.6. The van der Waals surface area contributed by atoms with E-state index in [0.29, 0.717) is 34.7 Å². The second kappa shape index (κ2) is 17.0. The van der Waals surface area contributed by atoms with Gasteiger partial charge in [-0.25, -0.2) is 28.9 Å². The Morgan fingerprint density at radius 2 is 1.75 bits per heavy atom. The lowest BCUT2D eigenvalue weighted by Gasteiger charge is -2.21. The summed E-state index contributed by atoms with van der Waals surface area (Å²) in [7, 11) is 4.65. The first-order valence-corrected chi connectivity index (χ1v) is 17.8. The molecule has 4 heterocycles. The Hall–Kier alpha value is -6.65. The number of carbonyl (C=O) groups excluding carboxylic acids is 4. The quantitative estimate of drug-likeness (QED) is 0.0802. The zero-order chi connectivity index (χ0) is 39.1. The van der Waals surface area contributed by atoms with Crippen molar-refractivity contribution in [1.82, 2.24) is 40.0 Å². The van der Waals surface area contributed by atoms with E-state index < -0.39 is 29.7 Å². The molecular formula is C38H41FN10O6. The summed E-state index contributed by atoms with van der Waals surface area (Å²) >= 11 is 0. The molecule has 1 atom stereocenters.